The van der Waals surface area contributed by atoms with Crippen molar-refractivity contribution in [2.75, 3.05) is 6.54 Å². The largest absolute Gasteiger partial charge is 0.293 e. The molecule has 0 radical (unpaired) electrons. The second-order valence-corrected chi connectivity index (χ2v) is 2.98. The van der Waals surface area contributed by atoms with E-state index in [-0.39, 0.29) is 0 Å². The van der Waals surface area contributed by atoms with Gasteiger partial charge >= 0.3 is 0 Å². The summed E-state index contributed by atoms with van der Waals surface area (Å²) in [6.07, 6.45) is 8.24. The van der Waals surface area contributed by atoms with Crippen LogP contribution in [-0.2, 0) is 0 Å². The van der Waals surface area contributed by atoms with Crippen molar-refractivity contribution in [1.82, 2.24) is 4.98 Å². The van der Waals surface area contributed by atoms with E-state index in [0.717, 1.165) is 24.1 Å². The maximum absolute atomic E-state index is 4.10. The van der Waals surface area contributed by atoms with Crippen LogP contribution in [0.2, 0.25) is 0 Å². The van der Waals surface area contributed by atoms with Crippen molar-refractivity contribution < 1.29 is 0 Å². The SMILES string of the molecule is C(#Cc1ccncc1)C1=CC=NCC1. The minimum absolute atomic E-state index is 0.858. The predicted octanol–water partition coefficient (Wildman–Crippen LogP) is 1.83. The molecule has 0 amide bonds. The van der Waals surface area contributed by atoms with Gasteiger partial charge in [0.2, 0.25) is 0 Å². The van der Waals surface area contributed by atoms with E-state index in [2.05, 4.69) is 21.8 Å². The van der Waals surface area contributed by atoms with Gasteiger partial charge in [-0.2, -0.15) is 0 Å². The molecule has 0 saturated carbocycles. The van der Waals surface area contributed by atoms with Crippen LogP contribution in [0, 0.1) is 11.8 Å². The van der Waals surface area contributed by atoms with Gasteiger partial charge in [-0.15, -0.1) is 0 Å². The number of hydrogen-bond donors (Lipinski definition) is 0. The lowest BCUT2D eigenvalue weighted by molar-refractivity contribution is 0.973. The van der Waals surface area contributed by atoms with Gasteiger partial charge in [-0.3, -0.25) is 9.98 Å². The maximum atomic E-state index is 4.10. The maximum Gasteiger partial charge on any atom is 0.0435 e. The molecule has 0 atom stereocenters. The number of nitrogens with zero attached hydrogens (tertiary/aromatic N) is 2. The van der Waals surface area contributed by atoms with E-state index < -0.39 is 0 Å². The smallest absolute Gasteiger partial charge is 0.0435 e. The molecule has 68 valence electrons. The summed E-state index contributed by atoms with van der Waals surface area (Å²) >= 11 is 0. The summed E-state index contributed by atoms with van der Waals surface area (Å²) in [5, 5.41) is 0. The number of allylic oxidation sites excluding steroid dienone is 1. The van der Waals surface area contributed by atoms with Gasteiger partial charge in [-0.05, 0) is 24.6 Å². The van der Waals surface area contributed by atoms with Gasteiger partial charge in [-0.25, -0.2) is 0 Å². The fourth-order valence-corrected chi connectivity index (χ4v) is 1.18. The third kappa shape index (κ3) is 2.30. The topological polar surface area (TPSA) is 25.2 Å². The molecule has 2 heterocycles. The van der Waals surface area contributed by atoms with Crippen LogP contribution in [0.1, 0.15) is 12.0 Å². The van der Waals surface area contributed by atoms with Crippen LogP contribution >= 0.6 is 0 Å². The highest BCUT2D eigenvalue weighted by Gasteiger charge is 1.94. The molecule has 0 bridgehead atoms. The van der Waals surface area contributed by atoms with Crippen molar-refractivity contribution in [2.24, 2.45) is 4.99 Å². The molecule has 1 aromatic heterocycles. The van der Waals surface area contributed by atoms with Gasteiger partial charge in [0.25, 0.3) is 0 Å². The van der Waals surface area contributed by atoms with Gasteiger partial charge in [0.05, 0.1) is 0 Å². The molecule has 0 aromatic carbocycles. The van der Waals surface area contributed by atoms with Crippen molar-refractivity contribution in [3.8, 4) is 11.8 Å². The zero-order valence-electron chi connectivity index (χ0n) is 7.77. The third-order valence-corrected chi connectivity index (χ3v) is 1.94. The van der Waals surface area contributed by atoms with E-state index in [9.17, 15) is 0 Å². The van der Waals surface area contributed by atoms with E-state index in [4.69, 9.17) is 0 Å². The number of aliphatic imine (C=N–C) groups is 1. The second-order valence-electron chi connectivity index (χ2n) is 2.98. The van der Waals surface area contributed by atoms with Gasteiger partial charge < -0.3 is 0 Å². The molecule has 0 saturated heterocycles. The molecule has 2 nitrogen and oxygen atoms in total. The summed E-state index contributed by atoms with van der Waals surface area (Å²) in [4.78, 5) is 8.04. The molecule has 14 heavy (non-hydrogen) atoms. The number of aromatic nitrogens is 1. The lowest BCUT2D eigenvalue weighted by atomic mass is 10.1. The number of hydrogen-bond acceptors (Lipinski definition) is 2. The van der Waals surface area contributed by atoms with Gasteiger partial charge in [0, 0.05) is 36.3 Å². The molecule has 0 N–H and O–H groups in total. The summed E-state index contributed by atoms with van der Waals surface area (Å²) in [5.74, 6) is 6.22. The summed E-state index contributed by atoms with van der Waals surface area (Å²) < 4.78 is 0. The normalized spacial score (nSPS) is 14.1. The Bertz CT molecular complexity index is 419. The molecule has 0 spiro atoms. The molecule has 2 heteroatoms. The number of rotatable bonds is 0. The van der Waals surface area contributed by atoms with Crippen LogP contribution in [0.5, 0.6) is 0 Å². The van der Waals surface area contributed by atoms with E-state index in [0.29, 0.717) is 0 Å². The minimum Gasteiger partial charge on any atom is -0.293 e. The van der Waals surface area contributed by atoms with E-state index in [1.165, 1.54) is 0 Å². The van der Waals surface area contributed by atoms with Crippen molar-refractivity contribution in [3.05, 3.63) is 41.7 Å². The lowest BCUT2D eigenvalue weighted by Gasteiger charge is -1.99. The van der Waals surface area contributed by atoms with Gasteiger partial charge in [0.15, 0.2) is 0 Å². The van der Waals surface area contributed by atoms with Crippen LogP contribution in [-0.4, -0.2) is 17.7 Å². The first kappa shape index (κ1) is 8.71. The lowest BCUT2D eigenvalue weighted by Crippen LogP contribution is -1.91. The minimum atomic E-state index is 0.858. The Kier molecular flexibility index (Phi) is 2.73. The first-order valence-electron chi connectivity index (χ1n) is 4.56. The van der Waals surface area contributed by atoms with Crippen LogP contribution in [0.25, 0.3) is 0 Å². The van der Waals surface area contributed by atoms with Crippen molar-refractivity contribution >= 4 is 6.21 Å². The zero-order valence-corrected chi connectivity index (χ0v) is 7.77. The zero-order chi connectivity index (χ0) is 9.64. The fraction of sp³-hybridized carbons (Fsp3) is 0.167. The molecule has 1 aromatic rings. The van der Waals surface area contributed by atoms with E-state index >= 15 is 0 Å². The quantitative estimate of drug-likeness (QED) is 0.562. The molecule has 0 aliphatic carbocycles. The Balaban J connectivity index is 2.14. The molecule has 1 aliphatic heterocycles. The first-order valence-corrected chi connectivity index (χ1v) is 4.56. The first-order chi connectivity index (χ1) is 6.95. The van der Waals surface area contributed by atoms with Crippen molar-refractivity contribution in [1.29, 1.82) is 0 Å². The fourth-order valence-electron chi connectivity index (χ4n) is 1.18. The van der Waals surface area contributed by atoms with E-state index in [1.54, 1.807) is 12.4 Å². The second kappa shape index (κ2) is 4.38. The molecule has 0 unspecified atom stereocenters. The van der Waals surface area contributed by atoms with Crippen molar-refractivity contribution in [2.45, 2.75) is 6.42 Å². The summed E-state index contributed by atoms with van der Waals surface area (Å²) in [7, 11) is 0. The number of pyridine rings is 1. The van der Waals surface area contributed by atoms with Crippen molar-refractivity contribution in [3.63, 3.8) is 0 Å². The highest BCUT2D eigenvalue weighted by Crippen LogP contribution is 2.03. The summed E-state index contributed by atoms with van der Waals surface area (Å²) in [6.45, 7) is 0.858. The Morgan fingerprint density at radius 2 is 2.00 bits per heavy atom. The Labute approximate surface area is 83.4 Å². The van der Waals surface area contributed by atoms with E-state index in [1.807, 2.05) is 24.4 Å². The van der Waals surface area contributed by atoms with Gasteiger partial charge in [0.1, 0.15) is 0 Å². The average molecular weight is 182 g/mol. The van der Waals surface area contributed by atoms with Gasteiger partial charge in [-0.1, -0.05) is 11.8 Å². The van der Waals surface area contributed by atoms with Crippen LogP contribution in [0.15, 0.2) is 41.2 Å². The molecule has 2 rings (SSSR count). The Hall–Kier alpha value is -1.88. The standard InChI is InChI=1S/C12H10N2/c1(11-3-7-13-8-4-11)2-12-5-9-14-10-6-12/h3-5,7-9H,6,10H2. The monoisotopic (exact) mass is 182 g/mol. The highest BCUT2D eigenvalue weighted by molar-refractivity contribution is 5.74. The predicted molar refractivity (Wildman–Crippen MR) is 57.2 cm³/mol. The molecular weight excluding hydrogens is 172 g/mol. The molecule has 1 aliphatic rings. The van der Waals surface area contributed by atoms with Crippen LogP contribution < -0.4 is 0 Å². The summed E-state index contributed by atoms with van der Waals surface area (Å²) in [5.41, 5.74) is 2.15. The summed E-state index contributed by atoms with van der Waals surface area (Å²) in [6, 6.07) is 3.81. The third-order valence-electron chi connectivity index (χ3n) is 1.94. The Morgan fingerprint density at radius 1 is 1.14 bits per heavy atom. The average Bonchev–Trinajstić information content (AvgIpc) is 2.29. The Morgan fingerprint density at radius 3 is 2.71 bits per heavy atom. The number of dihydropyridines is 1. The van der Waals surface area contributed by atoms with Crippen LogP contribution in [0.3, 0.4) is 0 Å². The highest BCUT2D eigenvalue weighted by atomic mass is 14.7. The molecular formula is C12H10N2. The van der Waals surface area contributed by atoms with Crippen LogP contribution in [0.4, 0.5) is 0 Å². The molecule has 0 fully saturated rings.